The maximum absolute atomic E-state index is 11.8. The molecule has 1 fully saturated rings. The van der Waals surface area contributed by atoms with Gasteiger partial charge < -0.3 is 15.2 Å². The van der Waals surface area contributed by atoms with Crippen molar-refractivity contribution in [2.75, 3.05) is 13.2 Å². The highest BCUT2D eigenvalue weighted by molar-refractivity contribution is 5.88. The average Bonchev–Trinajstić information content (AvgIpc) is 2.67. The van der Waals surface area contributed by atoms with Gasteiger partial charge in [0.25, 0.3) is 0 Å². The normalized spacial score (nSPS) is 22.2. The van der Waals surface area contributed by atoms with E-state index in [1.54, 1.807) is 20.8 Å². The molecule has 98 valence electrons. The van der Waals surface area contributed by atoms with Crippen molar-refractivity contribution in [1.29, 1.82) is 0 Å². The minimum Gasteiger partial charge on any atom is -0.459 e. The molecule has 0 aromatic rings. The van der Waals surface area contributed by atoms with E-state index in [1.807, 2.05) is 0 Å². The van der Waals surface area contributed by atoms with Crippen LogP contribution in [0.25, 0.3) is 0 Å². The Morgan fingerprint density at radius 1 is 1.47 bits per heavy atom. The monoisotopic (exact) mass is 243 g/mol. The summed E-state index contributed by atoms with van der Waals surface area (Å²) in [5, 5.41) is 0. The summed E-state index contributed by atoms with van der Waals surface area (Å²) >= 11 is 0. The maximum Gasteiger partial charge on any atom is 0.323 e. The van der Waals surface area contributed by atoms with Crippen LogP contribution in [0.15, 0.2) is 0 Å². The number of Topliss-reactive ketones (excluding diaryl/α,β-unsaturated/α-hetero) is 1. The van der Waals surface area contributed by atoms with E-state index in [0.717, 1.165) is 6.42 Å². The van der Waals surface area contributed by atoms with Crippen LogP contribution in [-0.4, -0.2) is 36.6 Å². The second kappa shape index (κ2) is 5.60. The highest BCUT2D eigenvalue weighted by atomic mass is 16.6. The molecule has 1 aliphatic heterocycles. The molecule has 1 heterocycles. The fourth-order valence-corrected chi connectivity index (χ4v) is 1.63. The molecule has 0 aliphatic carbocycles. The molecule has 2 atom stereocenters. The first-order chi connectivity index (χ1) is 7.79. The van der Waals surface area contributed by atoms with E-state index < -0.39 is 17.6 Å². The molecular weight excluding hydrogens is 222 g/mol. The van der Waals surface area contributed by atoms with Crippen molar-refractivity contribution >= 4 is 11.8 Å². The fraction of sp³-hybridized carbons (Fsp3) is 0.833. The SMILES string of the molecule is CC(C)(C)OC(=O)C(N)CC(=O)C1CCOC1. The van der Waals surface area contributed by atoms with Gasteiger partial charge in [0.05, 0.1) is 6.61 Å². The Bertz CT molecular complexity index is 289. The lowest BCUT2D eigenvalue weighted by molar-refractivity contribution is -0.157. The molecular formula is C12H21NO4. The van der Waals surface area contributed by atoms with Crippen LogP contribution in [0.4, 0.5) is 0 Å². The third-order valence-corrected chi connectivity index (χ3v) is 2.52. The van der Waals surface area contributed by atoms with Crippen LogP contribution in [-0.2, 0) is 19.1 Å². The van der Waals surface area contributed by atoms with E-state index in [9.17, 15) is 9.59 Å². The molecule has 0 amide bonds. The van der Waals surface area contributed by atoms with E-state index >= 15 is 0 Å². The predicted octanol–water partition coefficient (Wildman–Crippen LogP) is 0.651. The number of esters is 1. The van der Waals surface area contributed by atoms with Gasteiger partial charge in [-0.1, -0.05) is 0 Å². The van der Waals surface area contributed by atoms with Gasteiger partial charge in [0.2, 0.25) is 0 Å². The zero-order chi connectivity index (χ0) is 13.1. The lowest BCUT2D eigenvalue weighted by Crippen LogP contribution is -2.39. The van der Waals surface area contributed by atoms with E-state index in [1.165, 1.54) is 0 Å². The summed E-state index contributed by atoms with van der Waals surface area (Å²) in [6.45, 7) is 6.36. The lowest BCUT2D eigenvalue weighted by atomic mass is 9.98. The van der Waals surface area contributed by atoms with Gasteiger partial charge in [0.1, 0.15) is 17.4 Å². The van der Waals surface area contributed by atoms with Gasteiger partial charge in [0.15, 0.2) is 0 Å². The Kier molecular flexibility index (Phi) is 4.65. The molecule has 1 saturated heterocycles. The fourth-order valence-electron chi connectivity index (χ4n) is 1.63. The maximum atomic E-state index is 11.8. The van der Waals surface area contributed by atoms with Crippen LogP contribution >= 0.6 is 0 Å². The summed E-state index contributed by atoms with van der Waals surface area (Å²) < 4.78 is 10.2. The summed E-state index contributed by atoms with van der Waals surface area (Å²) in [6.07, 6.45) is 0.753. The Balaban J connectivity index is 2.40. The Morgan fingerprint density at radius 2 is 2.12 bits per heavy atom. The molecule has 0 spiro atoms. The Labute approximate surface area is 102 Å². The molecule has 0 aromatic heterocycles. The first-order valence-electron chi connectivity index (χ1n) is 5.88. The summed E-state index contributed by atoms with van der Waals surface area (Å²) in [4.78, 5) is 23.3. The highest BCUT2D eigenvalue weighted by Gasteiger charge is 2.29. The molecule has 1 aliphatic rings. The molecule has 0 bridgehead atoms. The van der Waals surface area contributed by atoms with E-state index in [2.05, 4.69) is 0 Å². The third kappa shape index (κ3) is 4.83. The van der Waals surface area contributed by atoms with Crippen molar-refractivity contribution in [3.8, 4) is 0 Å². The van der Waals surface area contributed by atoms with Gasteiger partial charge >= 0.3 is 5.97 Å². The molecule has 5 nitrogen and oxygen atoms in total. The van der Waals surface area contributed by atoms with Crippen molar-refractivity contribution in [2.45, 2.75) is 45.3 Å². The minimum absolute atomic E-state index is 0.0131. The first-order valence-corrected chi connectivity index (χ1v) is 5.88. The number of hydrogen-bond donors (Lipinski definition) is 1. The highest BCUT2D eigenvalue weighted by Crippen LogP contribution is 2.16. The number of nitrogens with two attached hydrogens (primary N) is 1. The van der Waals surface area contributed by atoms with Crippen molar-refractivity contribution < 1.29 is 19.1 Å². The quantitative estimate of drug-likeness (QED) is 0.733. The van der Waals surface area contributed by atoms with Gasteiger partial charge in [0, 0.05) is 18.9 Å². The predicted molar refractivity (Wildman–Crippen MR) is 62.4 cm³/mol. The molecule has 17 heavy (non-hydrogen) atoms. The number of ether oxygens (including phenoxy) is 2. The van der Waals surface area contributed by atoms with Crippen LogP contribution in [0.1, 0.15) is 33.6 Å². The van der Waals surface area contributed by atoms with E-state index in [-0.39, 0.29) is 18.1 Å². The standard InChI is InChI=1S/C12H21NO4/c1-12(2,3)17-11(15)9(13)6-10(14)8-4-5-16-7-8/h8-9H,4-7,13H2,1-3H3. The summed E-state index contributed by atoms with van der Waals surface area (Å²) in [6, 6.07) is -0.873. The Morgan fingerprint density at radius 3 is 2.59 bits per heavy atom. The number of carbonyl (C=O) groups excluding carboxylic acids is 2. The molecule has 2 N–H and O–H groups in total. The molecule has 5 heteroatoms. The first kappa shape index (κ1) is 14.1. The van der Waals surface area contributed by atoms with Crippen molar-refractivity contribution in [3.63, 3.8) is 0 Å². The minimum atomic E-state index is -0.873. The van der Waals surface area contributed by atoms with Gasteiger partial charge in [-0.25, -0.2) is 0 Å². The van der Waals surface area contributed by atoms with Crippen LogP contribution < -0.4 is 5.73 Å². The molecule has 0 aromatic carbocycles. The molecule has 1 rings (SSSR count). The van der Waals surface area contributed by atoms with Crippen molar-refractivity contribution in [1.82, 2.24) is 0 Å². The largest absolute Gasteiger partial charge is 0.459 e. The topological polar surface area (TPSA) is 78.6 Å². The van der Waals surface area contributed by atoms with E-state index in [4.69, 9.17) is 15.2 Å². The molecule has 0 radical (unpaired) electrons. The summed E-state index contributed by atoms with van der Waals surface area (Å²) in [5.41, 5.74) is 5.08. The van der Waals surface area contributed by atoms with Crippen LogP contribution in [0.5, 0.6) is 0 Å². The zero-order valence-electron chi connectivity index (χ0n) is 10.7. The lowest BCUT2D eigenvalue weighted by Gasteiger charge is -2.22. The number of ketones is 1. The summed E-state index contributed by atoms with van der Waals surface area (Å²) in [7, 11) is 0. The van der Waals surface area contributed by atoms with Crippen LogP contribution in [0.3, 0.4) is 0 Å². The van der Waals surface area contributed by atoms with Crippen molar-refractivity contribution in [3.05, 3.63) is 0 Å². The second-order valence-electron chi connectivity index (χ2n) is 5.37. The van der Waals surface area contributed by atoms with Crippen LogP contribution in [0.2, 0.25) is 0 Å². The van der Waals surface area contributed by atoms with Gasteiger partial charge in [-0.2, -0.15) is 0 Å². The van der Waals surface area contributed by atoms with Gasteiger partial charge in [-0.05, 0) is 27.2 Å². The van der Waals surface area contributed by atoms with Crippen molar-refractivity contribution in [2.24, 2.45) is 11.7 Å². The smallest absolute Gasteiger partial charge is 0.323 e. The zero-order valence-corrected chi connectivity index (χ0v) is 10.7. The van der Waals surface area contributed by atoms with E-state index in [0.29, 0.717) is 13.2 Å². The molecule has 0 saturated carbocycles. The third-order valence-electron chi connectivity index (χ3n) is 2.52. The number of carbonyl (C=O) groups is 2. The van der Waals surface area contributed by atoms with Crippen LogP contribution in [0, 0.1) is 5.92 Å². The van der Waals surface area contributed by atoms with Gasteiger partial charge in [-0.15, -0.1) is 0 Å². The molecule has 2 unspecified atom stereocenters. The Hall–Kier alpha value is -0.940. The van der Waals surface area contributed by atoms with Gasteiger partial charge in [-0.3, -0.25) is 9.59 Å². The number of rotatable bonds is 4. The second-order valence-corrected chi connectivity index (χ2v) is 5.37. The average molecular weight is 243 g/mol. The summed E-state index contributed by atoms with van der Waals surface area (Å²) in [5.74, 6) is -0.644. The number of hydrogen-bond acceptors (Lipinski definition) is 5.